The fourth-order valence-electron chi connectivity index (χ4n) is 1.78. The molecule has 0 saturated heterocycles. The zero-order valence-corrected chi connectivity index (χ0v) is 12.0. The predicted molar refractivity (Wildman–Crippen MR) is 69.4 cm³/mol. The average Bonchev–Trinajstić information content (AvgIpc) is 2.26. The topological polar surface area (TPSA) is 9.23 Å². The molecule has 2 heteroatoms. The Bertz CT molecular complexity index is 415. The van der Waals surface area contributed by atoms with Gasteiger partial charge in [-0.25, -0.2) is 0 Å². The van der Waals surface area contributed by atoms with Gasteiger partial charge in [0.15, 0.2) is 0 Å². The van der Waals surface area contributed by atoms with Crippen LogP contribution in [0, 0.1) is 5.41 Å². The molecule has 0 aliphatic carbocycles. The van der Waals surface area contributed by atoms with Crippen LogP contribution in [0.2, 0.25) is 0 Å². The van der Waals surface area contributed by atoms with E-state index in [2.05, 4.69) is 51.1 Å². The molecule has 0 spiro atoms. The van der Waals surface area contributed by atoms with E-state index in [1.54, 1.807) is 0 Å². The van der Waals surface area contributed by atoms with Crippen molar-refractivity contribution >= 4 is 21.0 Å². The van der Waals surface area contributed by atoms with Crippen molar-refractivity contribution in [1.82, 2.24) is 0 Å². The third-order valence-corrected chi connectivity index (χ3v) is 6.17. The molecule has 16 heavy (non-hydrogen) atoms. The fraction of sp³-hybridized carbons (Fsp3) is 0.429. The van der Waals surface area contributed by atoms with Crippen LogP contribution in [0.25, 0.3) is 6.08 Å². The van der Waals surface area contributed by atoms with E-state index in [0.717, 1.165) is 0 Å². The summed E-state index contributed by atoms with van der Waals surface area (Å²) in [7, 11) is 1.81. The summed E-state index contributed by atoms with van der Waals surface area (Å²) >= 11 is 0.404. The number of benzene rings is 1. The van der Waals surface area contributed by atoms with Crippen molar-refractivity contribution < 1.29 is 4.74 Å². The maximum atomic E-state index is 5.63. The van der Waals surface area contributed by atoms with E-state index >= 15 is 0 Å². The van der Waals surface area contributed by atoms with Gasteiger partial charge in [-0.15, -0.1) is 0 Å². The standard InChI is InChI=1S/C14H18OSe/c1-14(2,3)12-9-10-7-5-6-8-11(10)13(15-4)16-12/h5-9,13H,1-4H3. The minimum absolute atomic E-state index is 0.254. The van der Waals surface area contributed by atoms with E-state index < -0.39 is 0 Å². The first-order valence-electron chi connectivity index (χ1n) is 5.53. The van der Waals surface area contributed by atoms with Crippen molar-refractivity contribution in [1.29, 1.82) is 0 Å². The van der Waals surface area contributed by atoms with E-state index in [9.17, 15) is 0 Å². The van der Waals surface area contributed by atoms with Gasteiger partial charge in [-0.1, -0.05) is 0 Å². The number of ether oxygens (including phenoxy) is 1. The molecular weight excluding hydrogens is 263 g/mol. The van der Waals surface area contributed by atoms with Gasteiger partial charge in [-0.3, -0.25) is 0 Å². The van der Waals surface area contributed by atoms with Crippen molar-refractivity contribution in [3.8, 4) is 0 Å². The third kappa shape index (κ3) is 2.24. The average molecular weight is 281 g/mol. The number of hydrogen-bond donors (Lipinski definition) is 0. The van der Waals surface area contributed by atoms with Crippen molar-refractivity contribution in [2.45, 2.75) is 25.8 Å². The summed E-state index contributed by atoms with van der Waals surface area (Å²) in [6.07, 6.45) is 2.35. The Balaban J connectivity index is 2.47. The number of allylic oxidation sites excluding steroid dienone is 1. The van der Waals surface area contributed by atoms with Crippen LogP contribution in [0.5, 0.6) is 0 Å². The van der Waals surface area contributed by atoms with E-state index in [-0.39, 0.29) is 10.4 Å². The summed E-state index contributed by atoms with van der Waals surface area (Å²) in [5.74, 6) is 0. The molecule has 1 aliphatic rings. The van der Waals surface area contributed by atoms with Gasteiger partial charge in [0.1, 0.15) is 0 Å². The fourth-order valence-corrected chi connectivity index (χ4v) is 4.33. The van der Waals surface area contributed by atoms with Crippen molar-refractivity contribution in [2.24, 2.45) is 5.41 Å². The Labute approximate surface area is 104 Å². The molecule has 0 aromatic heterocycles. The van der Waals surface area contributed by atoms with Gasteiger partial charge in [-0.2, -0.15) is 0 Å². The van der Waals surface area contributed by atoms with Crippen molar-refractivity contribution in [2.75, 3.05) is 7.11 Å². The second-order valence-corrected chi connectivity index (χ2v) is 7.39. The summed E-state index contributed by atoms with van der Waals surface area (Å²) in [6.45, 7) is 6.84. The van der Waals surface area contributed by atoms with Crippen LogP contribution in [0.1, 0.15) is 36.9 Å². The number of methoxy groups -OCH3 is 1. The maximum absolute atomic E-state index is 5.63. The minimum atomic E-state index is 0.254. The summed E-state index contributed by atoms with van der Waals surface area (Å²) < 4.78 is 7.16. The summed E-state index contributed by atoms with van der Waals surface area (Å²) in [6, 6.07) is 8.56. The summed E-state index contributed by atoms with van der Waals surface area (Å²) in [4.78, 5) is 0. The third-order valence-electron chi connectivity index (χ3n) is 2.72. The first kappa shape index (κ1) is 11.9. The normalized spacial score (nSPS) is 20.2. The van der Waals surface area contributed by atoms with Crippen LogP contribution < -0.4 is 0 Å². The van der Waals surface area contributed by atoms with Crippen LogP contribution in [-0.2, 0) is 4.74 Å². The van der Waals surface area contributed by atoms with Crippen LogP contribution >= 0.6 is 0 Å². The van der Waals surface area contributed by atoms with Gasteiger partial charge in [0.2, 0.25) is 0 Å². The molecule has 0 saturated carbocycles. The molecule has 1 unspecified atom stereocenters. The molecule has 2 rings (SSSR count). The Morgan fingerprint density at radius 2 is 1.88 bits per heavy atom. The van der Waals surface area contributed by atoms with E-state index in [0.29, 0.717) is 15.0 Å². The van der Waals surface area contributed by atoms with Crippen LogP contribution in [0.15, 0.2) is 28.7 Å². The molecule has 1 aromatic carbocycles. The predicted octanol–water partition coefficient (Wildman–Crippen LogP) is 3.44. The second kappa shape index (κ2) is 4.37. The zero-order chi connectivity index (χ0) is 11.8. The van der Waals surface area contributed by atoms with E-state index in [4.69, 9.17) is 4.74 Å². The number of fused-ring (bicyclic) bond motifs is 1. The number of hydrogen-bond acceptors (Lipinski definition) is 1. The molecule has 86 valence electrons. The Morgan fingerprint density at radius 1 is 1.19 bits per heavy atom. The first-order valence-corrected chi connectivity index (χ1v) is 7.37. The first-order chi connectivity index (χ1) is 7.52. The van der Waals surface area contributed by atoms with Crippen molar-refractivity contribution in [3.63, 3.8) is 0 Å². The SMILES string of the molecule is COC1[Se]C(C(C)(C)C)=Cc2ccccc21. The molecule has 1 heterocycles. The molecule has 0 bridgehead atoms. The quantitative estimate of drug-likeness (QED) is 0.717. The monoisotopic (exact) mass is 282 g/mol. The van der Waals surface area contributed by atoms with Gasteiger partial charge >= 0.3 is 104 Å². The molecule has 1 aromatic rings. The van der Waals surface area contributed by atoms with E-state index in [1.807, 2.05) is 7.11 Å². The van der Waals surface area contributed by atoms with Crippen LogP contribution in [0.3, 0.4) is 0 Å². The van der Waals surface area contributed by atoms with Gasteiger partial charge in [0, 0.05) is 0 Å². The van der Waals surface area contributed by atoms with Gasteiger partial charge in [0.05, 0.1) is 0 Å². The number of rotatable bonds is 1. The Morgan fingerprint density at radius 3 is 2.50 bits per heavy atom. The second-order valence-electron chi connectivity index (χ2n) is 5.07. The molecule has 0 N–H and O–H groups in total. The van der Waals surface area contributed by atoms with Gasteiger partial charge in [0.25, 0.3) is 0 Å². The van der Waals surface area contributed by atoms with Crippen LogP contribution in [-0.4, -0.2) is 22.1 Å². The molecule has 0 amide bonds. The van der Waals surface area contributed by atoms with E-state index in [1.165, 1.54) is 15.6 Å². The summed E-state index contributed by atoms with van der Waals surface area (Å²) in [5, 5.41) is 0.280. The van der Waals surface area contributed by atoms with Crippen LogP contribution in [0.4, 0.5) is 0 Å². The summed E-state index contributed by atoms with van der Waals surface area (Å²) in [5.41, 5.74) is 2.93. The Kier molecular flexibility index (Phi) is 3.25. The van der Waals surface area contributed by atoms with Crippen molar-refractivity contribution in [3.05, 3.63) is 39.9 Å². The Hall–Kier alpha value is -0.561. The molecule has 0 fully saturated rings. The van der Waals surface area contributed by atoms with Gasteiger partial charge < -0.3 is 0 Å². The van der Waals surface area contributed by atoms with Gasteiger partial charge in [-0.05, 0) is 0 Å². The molecule has 0 radical (unpaired) electrons. The molecule has 1 aliphatic heterocycles. The molecule has 1 atom stereocenters. The zero-order valence-electron chi connectivity index (χ0n) is 10.3. The molecular formula is C14H18OSe. The molecule has 1 nitrogen and oxygen atoms in total.